The highest BCUT2D eigenvalue weighted by molar-refractivity contribution is 5.97. The third kappa shape index (κ3) is 21.5. The molecule has 0 saturated carbocycles. The molecule has 0 spiro atoms. The summed E-state index contributed by atoms with van der Waals surface area (Å²) in [5, 5.41) is 3.04. The molecule has 0 aliphatic carbocycles. The van der Waals surface area contributed by atoms with E-state index in [2.05, 4.69) is 20.3 Å². The van der Waals surface area contributed by atoms with Crippen LogP contribution in [-0.2, 0) is 61.9 Å². The normalized spacial score (nSPS) is 16.9. The number of nitrogens with zero attached hydrogens (tertiary/aromatic N) is 4. The number of amides is 1. The number of ether oxygens (including phenoxy) is 7. The Morgan fingerprint density at radius 3 is 1.46 bits per heavy atom. The van der Waals surface area contributed by atoms with Gasteiger partial charge in [0.05, 0.1) is 12.4 Å². The number of aliphatic imine (C=N–C) groups is 1. The second-order valence-corrected chi connectivity index (χ2v) is 23.0. The quantitative estimate of drug-likeness (QED) is 0.0441. The van der Waals surface area contributed by atoms with Crippen molar-refractivity contribution in [2.45, 2.75) is 208 Å². The van der Waals surface area contributed by atoms with Crippen molar-refractivity contribution >= 4 is 65.7 Å². The van der Waals surface area contributed by atoms with Crippen molar-refractivity contribution in [3.63, 3.8) is 0 Å². The Labute approximate surface area is 423 Å². The van der Waals surface area contributed by atoms with Gasteiger partial charge in [-0.2, -0.15) is 4.98 Å². The molecule has 72 heavy (non-hydrogen) atoms. The number of hydrogen-bond donors (Lipinski definition) is 4. The van der Waals surface area contributed by atoms with Gasteiger partial charge in [-0.3, -0.25) is 38.5 Å². The zero-order valence-corrected chi connectivity index (χ0v) is 45.6. The maximum absolute atomic E-state index is 14.7. The molecule has 1 aromatic heterocycles. The van der Waals surface area contributed by atoms with Crippen LogP contribution in [0.25, 0.3) is 0 Å². The summed E-state index contributed by atoms with van der Waals surface area (Å²) >= 11 is 0. The average Bonchev–Trinajstić information content (AvgIpc) is 3.18. The van der Waals surface area contributed by atoms with Crippen LogP contribution in [0.2, 0.25) is 0 Å². The molecule has 0 radical (unpaired) electrons. The van der Waals surface area contributed by atoms with E-state index in [1.807, 2.05) is 0 Å². The lowest BCUT2D eigenvalue weighted by atomic mass is 9.97. The minimum atomic E-state index is -1.76. The van der Waals surface area contributed by atoms with Crippen LogP contribution in [0.4, 0.5) is 22.2 Å². The molecule has 1 amide bonds. The van der Waals surface area contributed by atoms with Crippen LogP contribution >= 0.6 is 0 Å². The van der Waals surface area contributed by atoms with E-state index in [1.165, 1.54) is 13.3 Å². The fourth-order valence-electron chi connectivity index (χ4n) is 6.82. The Morgan fingerprint density at radius 1 is 0.653 bits per heavy atom. The van der Waals surface area contributed by atoms with Gasteiger partial charge in [-0.15, -0.1) is 0 Å². The van der Waals surface area contributed by atoms with Crippen LogP contribution in [0.15, 0.2) is 9.79 Å². The van der Waals surface area contributed by atoms with Crippen molar-refractivity contribution in [3.05, 3.63) is 10.4 Å². The van der Waals surface area contributed by atoms with Gasteiger partial charge >= 0.3 is 47.5 Å². The largest absolute Gasteiger partial charge is 0.459 e. The molecule has 2 heterocycles. The summed E-state index contributed by atoms with van der Waals surface area (Å²) in [4.78, 5) is 124. The first kappa shape index (κ1) is 62.3. The summed E-state index contributed by atoms with van der Waals surface area (Å²) in [5.41, 5.74) is 5.98. The van der Waals surface area contributed by atoms with Crippen molar-refractivity contribution in [1.29, 1.82) is 0 Å². The number of carbonyl (C=O) groups excluding carboxylic acids is 7. The number of anilines is 2. The highest BCUT2D eigenvalue weighted by atomic mass is 16.6. The maximum Gasteiger partial charge on any atom is 0.415 e. The molecule has 1 aliphatic rings. The molecule has 0 saturated heterocycles. The van der Waals surface area contributed by atoms with E-state index in [-0.39, 0.29) is 62.5 Å². The summed E-state index contributed by atoms with van der Waals surface area (Å²) in [6, 6.07) is -3.68. The van der Waals surface area contributed by atoms with Gasteiger partial charge in [0.2, 0.25) is 5.95 Å². The molecule has 0 aromatic carbocycles. The molecular formula is C49H82N8O15. The Morgan fingerprint density at radius 2 is 1.06 bits per heavy atom. The van der Waals surface area contributed by atoms with Gasteiger partial charge in [-0.05, 0) is 149 Å². The smallest absolute Gasteiger partial charge is 0.415 e. The molecule has 23 heteroatoms. The van der Waals surface area contributed by atoms with Crippen molar-refractivity contribution in [3.8, 4) is 0 Å². The fourth-order valence-corrected chi connectivity index (χ4v) is 6.82. The average molecular weight is 1020 g/mol. The van der Waals surface area contributed by atoms with Crippen molar-refractivity contribution in [1.82, 2.24) is 14.9 Å². The highest BCUT2D eigenvalue weighted by Gasteiger charge is 2.48. The second-order valence-electron chi connectivity index (χ2n) is 23.0. The fraction of sp³-hybridized carbons (Fsp3) is 0.755. The minimum Gasteiger partial charge on any atom is -0.459 e. The number of aromatic amines is 1. The number of carbonyl (C=O) groups is 7. The van der Waals surface area contributed by atoms with Crippen LogP contribution in [0, 0.1) is 11.8 Å². The van der Waals surface area contributed by atoms with E-state index in [1.54, 1.807) is 123 Å². The van der Waals surface area contributed by atoms with Crippen LogP contribution in [0.5, 0.6) is 0 Å². The molecular weight excluding hydrogens is 941 g/mol. The molecule has 7 atom stereocenters. The standard InChI is InChI=1S/C49H82N8O15/c1-27(66-37(59)28(39(61)68-45(2,3)4)21-19-23-30(50)41(63)70-47(8,9)10)34(67-38(60)29(40(62)69-46(5,6)7)22-20-24-31(51)42(64)71-48(11,12)13)32-25-52-35-33(57(32)44(65)72-49(14,15)16)36(58)55-43(54-35)53-26-56(17)18/h26-32,34H,19-25,50-51H2,1-18H3,(H2,52,54,55,58). The van der Waals surface area contributed by atoms with Crippen LogP contribution < -0.4 is 27.2 Å². The molecule has 6 N–H and O–H groups in total. The van der Waals surface area contributed by atoms with E-state index in [0.717, 1.165) is 4.90 Å². The van der Waals surface area contributed by atoms with Crippen molar-refractivity contribution in [2.75, 3.05) is 30.9 Å². The van der Waals surface area contributed by atoms with Gasteiger partial charge in [-0.1, -0.05) is 0 Å². The first-order valence-corrected chi connectivity index (χ1v) is 24.1. The van der Waals surface area contributed by atoms with Gasteiger partial charge in [0.15, 0.2) is 23.6 Å². The number of nitrogens with two attached hydrogens (primary N) is 2. The lowest BCUT2D eigenvalue weighted by Crippen LogP contribution is -2.60. The summed E-state index contributed by atoms with van der Waals surface area (Å²) in [6.07, 6.45) is -3.44. The number of rotatable bonds is 20. The Balaban J connectivity index is 2.82. The second kappa shape index (κ2) is 25.2. The molecule has 0 bridgehead atoms. The predicted molar refractivity (Wildman–Crippen MR) is 267 cm³/mol. The van der Waals surface area contributed by atoms with Crippen molar-refractivity contribution < 1.29 is 66.7 Å². The molecule has 7 unspecified atom stereocenters. The molecule has 1 aromatic rings. The first-order valence-electron chi connectivity index (χ1n) is 24.1. The molecule has 2 rings (SSSR count). The molecule has 1 aliphatic heterocycles. The third-order valence-electron chi connectivity index (χ3n) is 9.73. The predicted octanol–water partition coefficient (Wildman–Crippen LogP) is 4.96. The lowest BCUT2D eigenvalue weighted by molar-refractivity contribution is -0.184. The van der Waals surface area contributed by atoms with Gasteiger partial charge in [0.1, 0.15) is 52.0 Å². The van der Waals surface area contributed by atoms with E-state index in [9.17, 15) is 38.4 Å². The van der Waals surface area contributed by atoms with E-state index < -0.39 is 118 Å². The van der Waals surface area contributed by atoms with Gasteiger partial charge in [-0.25, -0.2) is 9.79 Å². The zero-order valence-electron chi connectivity index (χ0n) is 45.6. The molecule has 0 fully saturated rings. The number of hydrogen-bond acceptors (Lipinski definition) is 20. The maximum atomic E-state index is 14.7. The molecule has 23 nitrogen and oxygen atoms in total. The minimum absolute atomic E-state index is 0.00870. The number of fused-ring (bicyclic) bond motifs is 1. The summed E-state index contributed by atoms with van der Waals surface area (Å²) in [5.74, 6) is -9.11. The van der Waals surface area contributed by atoms with Crippen LogP contribution in [0.3, 0.4) is 0 Å². The van der Waals surface area contributed by atoms with E-state index >= 15 is 0 Å². The number of nitrogens with one attached hydrogen (secondary N) is 2. The summed E-state index contributed by atoms with van der Waals surface area (Å²) in [7, 11) is 3.40. The SMILES string of the molecule is CC(OC(=O)C(CCCC(N)C(=O)OC(C)(C)C)C(=O)OC(C)(C)C)C(OC(=O)C(CCCC(N)C(=O)OC(C)(C)C)C(=O)OC(C)(C)C)C1CNc2[nH]c(N=CN(C)C)nc(=O)c2N1C(=O)OC(C)(C)C. The van der Waals surface area contributed by atoms with E-state index in [4.69, 9.17) is 44.6 Å². The van der Waals surface area contributed by atoms with Crippen LogP contribution in [-0.4, -0.2) is 142 Å². The zero-order chi connectivity index (χ0) is 55.5. The molecule has 408 valence electrons. The Hall–Kier alpha value is -5.84. The Kier molecular flexibility index (Phi) is 21.8. The van der Waals surface area contributed by atoms with E-state index in [0.29, 0.717) is 0 Å². The summed E-state index contributed by atoms with van der Waals surface area (Å²) < 4.78 is 40.1. The Bertz CT molecular complexity index is 2160. The summed E-state index contributed by atoms with van der Waals surface area (Å²) in [6.45, 7) is 25.4. The van der Waals surface area contributed by atoms with Crippen LogP contribution in [0.1, 0.15) is 149 Å². The van der Waals surface area contributed by atoms with Crippen molar-refractivity contribution in [2.24, 2.45) is 28.3 Å². The first-order chi connectivity index (χ1) is 32.7. The lowest BCUT2D eigenvalue weighted by Gasteiger charge is -2.42. The monoisotopic (exact) mass is 1020 g/mol. The number of esters is 6. The number of aromatic nitrogens is 2. The third-order valence-corrected chi connectivity index (χ3v) is 9.73. The van der Waals surface area contributed by atoms with Gasteiger partial charge < -0.3 is 59.8 Å². The van der Waals surface area contributed by atoms with Gasteiger partial charge in [0, 0.05) is 20.6 Å². The highest BCUT2D eigenvalue weighted by Crippen LogP contribution is 2.34. The number of H-pyrrole nitrogens is 1. The topological polar surface area (TPSA) is 313 Å². The van der Waals surface area contributed by atoms with Gasteiger partial charge in [0.25, 0.3) is 0 Å².